The highest BCUT2D eigenvalue weighted by Gasteiger charge is 2.05. The number of pyridine rings is 1. The maximum absolute atomic E-state index is 4.60. The number of hydrogen-bond acceptors (Lipinski definition) is 1. The molecule has 1 aromatic carbocycles. The first-order valence-corrected chi connectivity index (χ1v) is 5.05. The average Bonchev–Trinajstić information content (AvgIpc) is 2.16. The van der Waals surface area contributed by atoms with E-state index in [1.807, 2.05) is 6.92 Å². The third-order valence-corrected chi connectivity index (χ3v) is 2.51. The van der Waals surface area contributed by atoms with Gasteiger partial charge in [-0.1, -0.05) is 38.1 Å². The van der Waals surface area contributed by atoms with Crippen molar-refractivity contribution in [3.63, 3.8) is 0 Å². The predicted molar refractivity (Wildman–Crippen MR) is 60.6 cm³/mol. The van der Waals surface area contributed by atoms with Crippen LogP contribution in [0.5, 0.6) is 0 Å². The van der Waals surface area contributed by atoms with Crippen molar-refractivity contribution in [2.45, 2.75) is 26.7 Å². The second-order valence-corrected chi connectivity index (χ2v) is 4.03. The van der Waals surface area contributed by atoms with Crippen LogP contribution < -0.4 is 0 Å². The first-order valence-electron chi connectivity index (χ1n) is 5.05. The number of rotatable bonds is 1. The Morgan fingerprint density at radius 2 is 1.86 bits per heavy atom. The smallest absolute Gasteiger partial charge is 0.0739 e. The van der Waals surface area contributed by atoms with Crippen LogP contribution in [0.4, 0.5) is 0 Å². The fourth-order valence-corrected chi connectivity index (χ4v) is 1.73. The van der Waals surface area contributed by atoms with Crippen LogP contribution in [0.25, 0.3) is 10.9 Å². The SMILES string of the molecule is Cc1ccc2cccc(C(C)C)c2n1. The van der Waals surface area contributed by atoms with Gasteiger partial charge in [0.15, 0.2) is 0 Å². The van der Waals surface area contributed by atoms with Crippen LogP contribution in [0, 0.1) is 6.92 Å². The van der Waals surface area contributed by atoms with Crippen LogP contribution >= 0.6 is 0 Å². The van der Waals surface area contributed by atoms with E-state index in [0.717, 1.165) is 11.2 Å². The zero-order valence-corrected chi connectivity index (χ0v) is 8.91. The summed E-state index contributed by atoms with van der Waals surface area (Å²) in [6.45, 7) is 6.45. The van der Waals surface area contributed by atoms with E-state index in [0.29, 0.717) is 5.92 Å². The quantitative estimate of drug-likeness (QED) is 0.660. The topological polar surface area (TPSA) is 12.9 Å². The molecule has 0 aliphatic carbocycles. The largest absolute Gasteiger partial charge is 0.253 e. The summed E-state index contributed by atoms with van der Waals surface area (Å²) in [5.74, 6) is 0.535. The lowest BCUT2D eigenvalue weighted by molar-refractivity contribution is 0.872. The highest BCUT2D eigenvalue weighted by molar-refractivity contribution is 5.82. The van der Waals surface area contributed by atoms with Crippen LogP contribution in [0.1, 0.15) is 31.0 Å². The van der Waals surface area contributed by atoms with Crippen LogP contribution in [-0.2, 0) is 0 Å². The Hall–Kier alpha value is -1.37. The van der Waals surface area contributed by atoms with Gasteiger partial charge in [-0.05, 0) is 24.5 Å². The van der Waals surface area contributed by atoms with Crippen molar-refractivity contribution in [2.24, 2.45) is 0 Å². The molecule has 1 aromatic heterocycles. The van der Waals surface area contributed by atoms with Crippen LogP contribution in [-0.4, -0.2) is 4.98 Å². The number of nitrogens with zero attached hydrogens (tertiary/aromatic N) is 1. The molecule has 0 atom stereocenters. The molecule has 0 saturated carbocycles. The summed E-state index contributed by atoms with van der Waals surface area (Å²) in [4.78, 5) is 4.60. The van der Waals surface area contributed by atoms with E-state index in [-0.39, 0.29) is 0 Å². The van der Waals surface area contributed by atoms with Gasteiger partial charge in [-0.2, -0.15) is 0 Å². The number of hydrogen-bond donors (Lipinski definition) is 0. The van der Waals surface area contributed by atoms with Gasteiger partial charge in [0.25, 0.3) is 0 Å². The minimum Gasteiger partial charge on any atom is -0.253 e. The molecule has 0 amide bonds. The van der Waals surface area contributed by atoms with E-state index in [1.54, 1.807) is 0 Å². The summed E-state index contributed by atoms with van der Waals surface area (Å²) in [7, 11) is 0. The summed E-state index contributed by atoms with van der Waals surface area (Å²) in [6.07, 6.45) is 0. The summed E-state index contributed by atoms with van der Waals surface area (Å²) < 4.78 is 0. The lowest BCUT2D eigenvalue weighted by Gasteiger charge is -2.09. The van der Waals surface area contributed by atoms with Gasteiger partial charge in [-0.15, -0.1) is 0 Å². The number of aromatic nitrogens is 1. The molecule has 1 heterocycles. The Balaban J connectivity index is 2.77. The maximum Gasteiger partial charge on any atom is 0.0739 e. The second-order valence-electron chi connectivity index (χ2n) is 4.03. The molecule has 0 N–H and O–H groups in total. The van der Waals surface area contributed by atoms with E-state index in [2.05, 4.69) is 49.2 Å². The zero-order chi connectivity index (χ0) is 10.1. The summed E-state index contributed by atoms with van der Waals surface area (Å²) in [5.41, 5.74) is 3.58. The third kappa shape index (κ3) is 1.50. The lowest BCUT2D eigenvalue weighted by atomic mass is 10.00. The molecule has 0 radical (unpaired) electrons. The summed E-state index contributed by atoms with van der Waals surface area (Å²) in [5, 5.41) is 1.24. The van der Waals surface area contributed by atoms with E-state index in [9.17, 15) is 0 Å². The molecule has 0 unspecified atom stereocenters. The zero-order valence-electron chi connectivity index (χ0n) is 8.91. The number of aryl methyl sites for hydroxylation is 1. The molecule has 0 aliphatic rings. The van der Waals surface area contributed by atoms with Crippen LogP contribution in [0.3, 0.4) is 0 Å². The number of para-hydroxylation sites is 1. The standard InChI is InChI=1S/C13H15N/c1-9(2)12-6-4-5-11-8-7-10(3)14-13(11)12/h4-9H,1-3H3. The lowest BCUT2D eigenvalue weighted by Crippen LogP contribution is -1.92. The van der Waals surface area contributed by atoms with Gasteiger partial charge in [0, 0.05) is 11.1 Å². The highest BCUT2D eigenvalue weighted by atomic mass is 14.7. The molecule has 2 aromatic rings. The van der Waals surface area contributed by atoms with Gasteiger partial charge in [-0.3, -0.25) is 4.98 Å². The van der Waals surface area contributed by atoms with Crippen molar-refractivity contribution in [1.82, 2.24) is 4.98 Å². The van der Waals surface area contributed by atoms with Crippen molar-refractivity contribution in [3.8, 4) is 0 Å². The molecular weight excluding hydrogens is 170 g/mol. The maximum atomic E-state index is 4.60. The Kier molecular flexibility index (Phi) is 2.24. The molecule has 0 spiro atoms. The van der Waals surface area contributed by atoms with Gasteiger partial charge in [-0.25, -0.2) is 0 Å². The molecule has 1 heteroatoms. The van der Waals surface area contributed by atoms with Gasteiger partial charge in [0.05, 0.1) is 5.52 Å². The van der Waals surface area contributed by atoms with E-state index in [1.165, 1.54) is 10.9 Å². The molecule has 1 nitrogen and oxygen atoms in total. The molecule has 0 bridgehead atoms. The Morgan fingerprint density at radius 3 is 2.57 bits per heavy atom. The van der Waals surface area contributed by atoms with Gasteiger partial charge >= 0.3 is 0 Å². The average molecular weight is 185 g/mol. The Bertz CT molecular complexity index is 458. The summed E-state index contributed by atoms with van der Waals surface area (Å²) >= 11 is 0. The van der Waals surface area contributed by atoms with Gasteiger partial charge in [0.1, 0.15) is 0 Å². The molecule has 0 aliphatic heterocycles. The predicted octanol–water partition coefficient (Wildman–Crippen LogP) is 3.67. The molecule has 14 heavy (non-hydrogen) atoms. The normalized spacial score (nSPS) is 11.1. The molecule has 0 fully saturated rings. The van der Waals surface area contributed by atoms with E-state index in [4.69, 9.17) is 0 Å². The van der Waals surface area contributed by atoms with Crippen molar-refractivity contribution in [2.75, 3.05) is 0 Å². The molecule has 2 rings (SSSR count). The minimum absolute atomic E-state index is 0.535. The fraction of sp³-hybridized carbons (Fsp3) is 0.308. The van der Waals surface area contributed by atoms with Crippen molar-refractivity contribution >= 4 is 10.9 Å². The second kappa shape index (κ2) is 3.41. The monoisotopic (exact) mass is 185 g/mol. The van der Waals surface area contributed by atoms with E-state index >= 15 is 0 Å². The van der Waals surface area contributed by atoms with Crippen molar-refractivity contribution in [1.29, 1.82) is 0 Å². The molecule has 72 valence electrons. The number of benzene rings is 1. The summed E-state index contributed by atoms with van der Waals surface area (Å²) in [6, 6.07) is 10.6. The first-order chi connectivity index (χ1) is 6.68. The van der Waals surface area contributed by atoms with Gasteiger partial charge < -0.3 is 0 Å². The highest BCUT2D eigenvalue weighted by Crippen LogP contribution is 2.23. The van der Waals surface area contributed by atoms with Crippen molar-refractivity contribution in [3.05, 3.63) is 41.6 Å². The third-order valence-electron chi connectivity index (χ3n) is 2.51. The Morgan fingerprint density at radius 1 is 1.07 bits per heavy atom. The van der Waals surface area contributed by atoms with Crippen LogP contribution in [0.2, 0.25) is 0 Å². The van der Waals surface area contributed by atoms with Crippen molar-refractivity contribution < 1.29 is 0 Å². The Labute approximate surface area is 84.8 Å². The van der Waals surface area contributed by atoms with Gasteiger partial charge in [0.2, 0.25) is 0 Å². The first kappa shape index (κ1) is 9.20. The minimum atomic E-state index is 0.535. The molecular formula is C13H15N. The fourth-order valence-electron chi connectivity index (χ4n) is 1.73. The van der Waals surface area contributed by atoms with E-state index < -0.39 is 0 Å². The molecule has 0 saturated heterocycles. The van der Waals surface area contributed by atoms with Crippen LogP contribution in [0.15, 0.2) is 30.3 Å². The number of fused-ring (bicyclic) bond motifs is 1.